The maximum absolute atomic E-state index is 12.1. The molecule has 0 spiro atoms. The summed E-state index contributed by atoms with van der Waals surface area (Å²) in [6.45, 7) is 8.96. The number of likely N-dealkylation sites (tertiary alicyclic amines) is 1. The van der Waals surface area contributed by atoms with Crippen LogP contribution in [0, 0.1) is 5.92 Å². The van der Waals surface area contributed by atoms with Crippen molar-refractivity contribution in [1.82, 2.24) is 9.80 Å². The number of alkyl halides is 1. The summed E-state index contributed by atoms with van der Waals surface area (Å²) < 4.78 is 5.38. The third-order valence-corrected chi connectivity index (χ3v) is 5.21. The van der Waals surface area contributed by atoms with Gasteiger partial charge in [0.15, 0.2) is 0 Å². The van der Waals surface area contributed by atoms with E-state index in [1.807, 2.05) is 11.8 Å². The Bertz CT molecular complexity index is 287. The van der Waals surface area contributed by atoms with Crippen molar-refractivity contribution < 1.29 is 9.53 Å². The van der Waals surface area contributed by atoms with Gasteiger partial charge in [0.2, 0.25) is 5.91 Å². The normalized spacial score (nSPS) is 24.4. The van der Waals surface area contributed by atoms with Crippen molar-refractivity contribution in [1.29, 1.82) is 0 Å². The first-order valence-electron chi connectivity index (χ1n) is 7.43. The van der Waals surface area contributed by atoms with Crippen LogP contribution in [0.5, 0.6) is 0 Å². The minimum atomic E-state index is 0.00305. The van der Waals surface area contributed by atoms with Crippen LogP contribution in [0.2, 0.25) is 0 Å². The molecule has 1 unspecified atom stereocenters. The number of morpholine rings is 1. The molecule has 1 amide bonds. The lowest BCUT2D eigenvalue weighted by Gasteiger charge is -2.36. The molecule has 19 heavy (non-hydrogen) atoms. The fraction of sp³-hybridized carbons (Fsp3) is 0.929. The zero-order valence-corrected chi connectivity index (χ0v) is 13.4. The Labute approximate surface area is 124 Å². The topological polar surface area (TPSA) is 32.8 Å². The highest BCUT2D eigenvalue weighted by molar-refractivity contribution is 9.10. The molecule has 2 rings (SSSR count). The molecule has 0 aromatic heterocycles. The average molecular weight is 333 g/mol. The van der Waals surface area contributed by atoms with Gasteiger partial charge in [0.25, 0.3) is 0 Å². The highest BCUT2D eigenvalue weighted by atomic mass is 79.9. The van der Waals surface area contributed by atoms with Gasteiger partial charge in [-0.3, -0.25) is 9.69 Å². The summed E-state index contributed by atoms with van der Waals surface area (Å²) in [5.41, 5.74) is 0. The molecule has 0 saturated carbocycles. The lowest BCUT2D eigenvalue weighted by atomic mass is 9.95. The van der Waals surface area contributed by atoms with Crippen LogP contribution >= 0.6 is 15.9 Å². The maximum atomic E-state index is 12.1. The van der Waals surface area contributed by atoms with Crippen molar-refractivity contribution in [3.63, 3.8) is 0 Å². The van der Waals surface area contributed by atoms with Crippen LogP contribution < -0.4 is 0 Å². The quantitative estimate of drug-likeness (QED) is 0.735. The Hall–Kier alpha value is -0.130. The van der Waals surface area contributed by atoms with Gasteiger partial charge in [-0.1, -0.05) is 22.9 Å². The van der Waals surface area contributed by atoms with E-state index in [0.717, 1.165) is 64.6 Å². The van der Waals surface area contributed by atoms with E-state index < -0.39 is 0 Å². The molecule has 4 nitrogen and oxygen atoms in total. The number of halogens is 1. The highest BCUT2D eigenvalue weighted by Crippen LogP contribution is 2.21. The fourth-order valence-electron chi connectivity index (χ4n) is 2.86. The molecule has 1 atom stereocenters. The SMILES string of the molecule is CCC(Br)C(=O)N1CCC(CN2CCOCC2)CC1. The van der Waals surface area contributed by atoms with Crippen molar-refractivity contribution in [2.24, 2.45) is 5.92 Å². The fourth-order valence-corrected chi connectivity index (χ4v) is 3.15. The predicted molar refractivity (Wildman–Crippen MR) is 79.6 cm³/mol. The standard InChI is InChI=1S/C14H25BrN2O2/c1-2-13(15)14(18)17-5-3-12(4-6-17)11-16-7-9-19-10-8-16/h12-13H,2-11H2,1H3. The van der Waals surface area contributed by atoms with Crippen molar-refractivity contribution in [2.75, 3.05) is 45.9 Å². The second-order valence-electron chi connectivity index (χ2n) is 5.56. The second kappa shape index (κ2) is 7.60. The zero-order valence-electron chi connectivity index (χ0n) is 11.8. The summed E-state index contributed by atoms with van der Waals surface area (Å²) in [5, 5.41) is 0. The van der Waals surface area contributed by atoms with E-state index in [1.165, 1.54) is 6.54 Å². The zero-order chi connectivity index (χ0) is 13.7. The molecule has 0 bridgehead atoms. The van der Waals surface area contributed by atoms with E-state index in [-0.39, 0.29) is 10.7 Å². The molecule has 2 heterocycles. The average Bonchev–Trinajstić information content (AvgIpc) is 2.47. The van der Waals surface area contributed by atoms with Gasteiger partial charge in [-0.2, -0.15) is 0 Å². The van der Waals surface area contributed by atoms with Gasteiger partial charge in [-0.25, -0.2) is 0 Å². The van der Waals surface area contributed by atoms with Gasteiger partial charge < -0.3 is 9.64 Å². The molecule has 2 aliphatic heterocycles. The first kappa shape index (κ1) is 15.3. The lowest BCUT2D eigenvalue weighted by molar-refractivity contribution is -0.132. The van der Waals surface area contributed by atoms with Crippen molar-refractivity contribution >= 4 is 21.8 Å². The molecular weight excluding hydrogens is 308 g/mol. The third-order valence-electron chi connectivity index (χ3n) is 4.17. The maximum Gasteiger partial charge on any atom is 0.236 e. The molecule has 0 N–H and O–H groups in total. The first-order chi connectivity index (χ1) is 9.20. The summed E-state index contributed by atoms with van der Waals surface area (Å²) in [6.07, 6.45) is 3.16. The number of rotatable bonds is 4. The van der Waals surface area contributed by atoms with E-state index in [2.05, 4.69) is 20.8 Å². The van der Waals surface area contributed by atoms with Crippen LogP contribution in [0.3, 0.4) is 0 Å². The number of ether oxygens (including phenoxy) is 1. The summed E-state index contributed by atoms with van der Waals surface area (Å²) in [6, 6.07) is 0. The number of carbonyl (C=O) groups is 1. The summed E-state index contributed by atoms with van der Waals surface area (Å²) in [4.78, 5) is 16.6. The number of hydrogen-bond acceptors (Lipinski definition) is 3. The number of hydrogen-bond donors (Lipinski definition) is 0. The monoisotopic (exact) mass is 332 g/mol. The van der Waals surface area contributed by atoms with Crippen LogP contribution in [0.25, 0.3) is 0 Å². The second-order valence-corrected chi connectivity index (χ2v) is 6.66. The Morgan fingerprint density at radius 1 is 1.26 bits per heavy atom. The highest BCUT2D eigenvalue weighted by Gasteiger charge is 2.27. The van der Waals surface area contributed by atoms with Gasteiger partial charge in [0.05, 0.1) is 18.0 Å². The van der Waals surface area contributed by atoms with Crippen molar-refractivity contribution in [2.45, 2.75) is 31.0 Å². The van der Waals surface area contributed by atoms with E-state index in [4.69, 9.17) is 4.74 Å². The Kier molecular flexibility index (Phi) is 6.10. The lowest BCUT2D eigenvalue weighted by Crippen LogP contribution is -2.45. The number of amides is 1. The third kappa shape index (κ3) is 4.43. The Balaban J connectivity index is 1.71. The molecule has 2 fully saturated rings. The van der Waals surface area contributed by atoms with E-state index >= 15 is 0 Å². The van der Waals surface area contributed by atoms with Crippen LogP contribution in [-0.4, -0.2) is 66.5 Å². The summed E-state index contributed by atoms with van der Waals surface area (Å²) >= 11 is 3.46. The van der Waals surface area contributed by atoms with E-state index in [9.17, 15) is 4.79 Å². The summed E-state index contributed by atoms with van der Waals surface area (Å²) in [5.74, 6) is 1.02. The smallest absolute Gasteiger partial charge is 0.236 e. The van der Waals surface area contributed by atoms with Crippen molar-refractivity contribution in [3.05, 3.63) is 0 Å². The van der Waals surface area contributed by atoms with Crippen LogP contribution in [0.15, 0.2) is 0 Å². The van der Waals surface area contributed by atoms with Gasteiger partial charge in [-0.05, 0) is 25.2 Å². The molecule has 5 heteroatoms. The summed E-state index contributed by atoms with van der Waals surface area (Å²) in [7, 11) is 0. The first-order valence-corrected chi connectivity index (χ1v) is 8.35. The predicted octanol–water partition coefficient (Wildman–Crippen LogP) is 1.73. The minimum Gasteiger partial charge on any atom is -0.379 e. The van der Waals surface area contributed by atoms with E-state index in [1.54, 1.807) is 0 Å². The Morgan fingerprint density at radius 3 is 2.47 bits per heavy atom. The largest absolute Gasteiger partial charge is 0.379 e. The van der Waals surface area contributed by atoms with Gasteiger partial charge >= 0.3 is 0 Å². The van der Waals surface area contributed by atoms with Gasteiger partial charge in [0, 0.05) is 32.7 Å². The van der Waals surface area contributed by atoms with Gasteiger partial charge in [-0.15, -0.1) is 0 Å². The molecule has 0 aromatic carbocycles. The number of piperidine rings is 1. The number of nitrogens with zero attached hydrogens (tertiary/aromatic N) is 2. The minimum absolute atomic E-state index is 0.00305. The van der Waals surface area contributed by atoms with Crippen LogP contribution in [0.4, 0.5) is 0 Å². The molecule has 0 radical (unpaired) electrons. The molecule has 2 saturated heterocycles. The van der Waals surface area contributed by atoms with Crippen LogP contribution in [0.1, 0.15) is 26.2 Å². The van der Waals surface area contributed by atoms with Crippen LogP contribution in [-0.2, 0) is 9.53 Å². The molecule has 2 aliphatic rings. The molecule has 0 aliphatic carbocycles. The van der Waals surface area contributed by atoms with Crippen molar-refractivity contribution in [3.8, 4) is 0 Å². The molecular formula is C14H25BrN2O2. The van der Waals surface area contributed by atoms with Gasteiger partial charge in [0.1, 0.15) is 0 Å². The molecule has 0 aromatic rings. The number of carbonyl (C=O) groups excluding carboxylic acids is 1. The van der Waals surface area contributed by atoms with E-state index in [0.29, 0.717) is 0 Å². The Morgan fingerprint density at radius 2 is 1.89 bits per heavy atom. The molecule has 110 valence electrons.